The second-order valence-corrected chi connectivity index (χ2v) is 6.28. The first-order chi connectivity index (χ1) is 10.8. The minimum Gasteiger partial charge on any atom is -0.333 e. The van der Waals surface area contributed by atoms with Crippen LogP contribution in [0.15, 0.2) is 35.3 Å². The number of hydrogen-bond donors (Lipinski definition) is 0. The van der Waals surface area contributed by atoms with Gasteiger partial charge in [-0.2, -0.15) is 21.5 Å². The number of likely N-dealkylation sites (tertiary alicyclic amines) is 1. The van der Waals surface area contributed by atoms with Crippen LogP contribution in [0.5, 0.6) is 0 Å². The molecule has 0 radical (unpaired) electrons. The molecule has 7 heteroatoms. The summed E-state index contributed by atoms with van der Waals surface area (Å²) in [6, 6.07) is 3.66. The second-order valence-electron chi connectivity index (χ2n) is 5.50. The highest BCUT2D eigenvalue weighted by atomic mass is 32.1. The lowest BCUT2D eigenvalue weighted by atomic mass is 10.1. The Kier molecular flexibility index (Phi) is 3.15. The van der Waals surface area contributed by atoms with Crippen molar-refractivity contribution in [3.63, 3.8) is 0 Å². The average molecular weight is 314 g/mol. The van der Waals surface area contributed by atoms with Crippen molar-refractivity contribution >= 4 is 28.8 Å². The molecule has 4 rings (SSSR count). The van der Waals surface area contributed by atoms with E-state index in [-0.39, 0.29) is 23.9 Å². The number of carbonyl (C=O) groups excluding carboxylic acids is 2. The molecule has 2 amide bonds. The maximum Gasteiger partial charge on any atom is 0.255 e. The first kappa shape index (κ1) is 13.4. The lowest BCUT2D eigenvalue weighted by molar-refractivity contribution is -0.117. The summed E-state index contributed by atoms with van der Waals surface area (Å²) < 4.78 is 0. The standard InChI is InChI=1S/C15H14N4O2S/c20-14-7-13-12(19(14)11-3-6-22-9-11)2-5-18(13)15(21)10-1-4-16-17-8-10/h1,3-4,6,8-9,12-13H,2,5,7H2/t12-,13+/m0/s1. The number of thiophene rings is 1. The van der Waals surface area contributed by atoms with Gasteiger partial charge in [0, 0.05) is 18.3 Å². The molecule has 2 fully saturated rings. The number of fused-ring (bicyclic) bond motifs is 1. The molecule has 22 heavy (non-hydrogen) atoms. The molecule has 2 aliphatic heterocycles. The monoisotopic (exact) mass is 314 g/mol. The highest BCUT2D eigenvalue weighted by Gasteiger charge is 2.49. The molecule has 2 aliphatic rings. The third kappa shape index (κ3) is 2.00. The van der Waals surface area contributed by atoms with Crippen LogP contribution in [0, 0.1) is 0 Å². The second kappa shape index (κ2) is 5.17. The molecule has 0 bridgehead atoms. The van der Waals surface area contributed by atoms with Crippen LogP contribution in [0.4, 0.5) is 5.69 Å². The van der Waals surface area contributed by atoms with Crippen molar-refractivity contribution < 1.29 is 9.59 Å². The van der Waals surface area contributed by atoms with Gasteiger partial charge in [-0.1, -0.05) is 0 Å². The predicted octanol–water partition coefficient (Wildman–Crippen LogP) is 1.56. The quantitative estimate of drug-likeness (QED) is 0.844. The zero-order valence-corrected chi connectivity index (χ0v) is 12.6. The molecule has 2 aromatic rings. The van der Waals surface area contributed by atoms with Gasteiger partial charge in [0.15, 0.2) is 0 Å². The molecule has 112 valence electrons. The van der Waals surface area contributed by atoms with E-state index in [9.17, 15) is 9.59 Å². The Morgan fingerprint density at radius 1 is 1.27 bits per heavy atom. The Morgan fingerprint density at radius 2 is 2.18 bits per heavy atom. The number of anilines is 1. The van der Waals surface area contributed by atoms with Crippen molar-refractivity contribution in [2.45, 2.75) is 24.9 Å². The van der Waals surface area contributed by atoms with Gasteiger partial charge < -0.3 is 9.80 Å². The van der Waals surface area contributed by atoms with Crippen molar-refractivity contribution in [1.82, 2.24) is 15.1 Å². The number of amides is 2. The van der Waals surface area contributed by atoms with Crippen molar-refractivity contribution in [3.8, 4) is 0 Å². The smallest absolute Gasteiger partial charge is 0.255 e. The average Bonchev–Trinajstić information content (AvgIpc) is 3.24. The van der Waals surface area contributed by atoms with Crippen molar-refractivity contribution in [2.75, 3.05) is 11.4 Å². The summed E-state index contributed by atoms with van der Waals surface area (Å²) in [6.07, 6.45) is 4.20. The normalized spacial score (nSPS) is 23.9. The fraction of sp³-hybridized carbons (Fsp3) is 0.333. The van der Waals surface area contributed by atoms with Gasteiger partial charge in [0.25, 0.3) is 5.91 Å². The lowest BCUT2D eigenvalue weighted by Crippen LogP contribution is -2.40. The fourth-order valence-electron chi connectivity index (χ4n) is 3.41. The molecule has 2 atom stereocenters. The molecule has 0 saturated carbocycles. The molecule has 6 nitrogen and oxygen atoms in total. The Labute approximate surface area is 131 Å². The van der Waals surface area contributed by atoms with Crippen LogP contribution in [0.2, 0.25) is 0 Å². The molecule has 2 aromatic heterocycles. The first-order valence-corrected chi connectivity index (χ1v) is 8.12. The predicted molar refractivity (Wildman–Crippen MR) is 81.7 cm³/mol. The Balaban J connectivity index is 1.60. The molecule has 0 aliphatic carbocycles. The molecule has 4 heterocycles. The third-order valence-corrected chi connectivity index (χ3v) is 5.04. The van der Waals surface area contributed by atoms with Crippen molar-refractivity contribution in [2.24, 2.45) is 0 Å². The van der Waals surface area contributed by atoms with Crippen LogP contribution in [-0.4, -0.2) is 45.5 Å². The van der Waals surface area contributed by atoms with Gasteiger partial charge in [-0.05, 0) is 23.9 Å². The van der Waals surface area contributed by atoms with Crippen LogP contribution >= 0.6 is 11.3 Å². The minimum absolute atomic E-state index is 0.0481. The van der Waals surface area contributed by atoms with E-state index >= 15 is 0 Å². The van der Waals surface area contributed by atoms with E-state index in [4.69, 9.17) is 0 Å². The molecule has 0 aromatic carbocycles. The highest BCUT2D eigenvalue weighted by Crippen LogP contribution is 2.37. The zero-order valence-electron chi connectivity index (χ0n) is 11.8. The minimum atomic E-state index is -0.0673. The number of aromatic nitrogens is 2. The van der Waals surface area contributed by atoms with Crippen LogP contribution < -0.4 is 4.90 Å². The molecular formula is C15H14N4O2S. The van der Waals surface area contributed by atoms with Crippen LogP contribution in [0.25, 0.3) is 0 Å². The molecular weight excluding hydrogens is 300 g/mol. The maximum atomic E-state index is 12.6. The van der Waals surface area contributed by atoms with E-state index in [0.29, 0.717) is 18.5 Å². The Morgan fingerprint density at radius 3 is 2.91 bits per heavy atom. The molecule has 2 saturated heterocycles. The summed E-state index contributed by atoms with van der Waals surface area (Å²) in [4.78, 5) is 28.7. The SMILES string of the molecule is O=C(c1ccnnc1)N1CC[C@H]2[C@H]1CC(=O)N2c1ccsc1. The van der Waals surface area contributed by atoms with Gasteiger partial charge in [-0.15, -0.1) is 0 Å². The molecule has 0 N–H and O–H groups in total. The van der Waals surface area contributed by atoms with Gasteiger partial charge in [0.2, 0.25) is 5.91 Å². The summed E-state index contributed by atoms with van der Waals surface area (Å²) in [5.41, 5.74) is 1.47. The van der Waals surface area contributed by atoms with Crippen molar-refractivity contribution in [1.29, 1.82) is 0 Å². The van der Waals surface area contributed by atoms with Gasteiger partial charge in [0.05, 0.1) is 35.7 Å². The summed E-state index contributed by atoms with van der Waals surface area (Å²) in [7, 11) is 0. The lowest BCUT2D eigenvalue weighted by Gasteiger charge is -2.24. The highest BCUT2D eigenvalue weighted by molar-refractivity contribution is 7.08. The maximum absolute atomic E-state index is 12.6. The zero-order chi connectivity index (χ0) is 15.1. The van der Waals surface area contributed by atoms with Gasteiger partial charge in [-0.3, -0.25) is 9.59 Å². The molecule has 0 unspecified atom stereocenters. The van der Waals surface area contributed by atoms with Gasteiger partial charge in [0.1, 0.15) is 0 Å². The third-order valence-electron chi connectivity index (χ3n) is 4.37. The van der Waals surface area contributed by atoms with E-state index in [1.165, 1.54) is 12.4 Å². The van der Waals surface area contributed by atoms with Gasteiger partial charge in [-0.25, -0.2) is 0 Å². The number of nitrogens with zero attached hydrogens (tertiary/aromatic N) is 4. The summed E-state index contributed by atoms with van der Waals surface area (Å²) >= 11 is 1.58. The fourth-order valence-corrected chi connectivity index (χ4v) is 4.04. The number of hydrogen-bond acceptors (Lipinski definition) is 5. The van der Waals surface area contributed by atoms with Gasteiger partial charge >= 0.3 is 0 Å². The first-order valence-electron chi connectivity index (χ1n) is 7.17. The molecule has 0 spiro atoms. The number of rotatable bonds is 2. The van der Waals surface area contributed by atoms with E-state index in [1.807, 2.05) is 26.6 Å². The topological polar surface area (TPSA) is 66.4 Å². The van der Waals surface area contributed by atoms with Crippen LogP contribution in [0.1, 0.15) is 23.2 Å². The van der Waals surface area contributed by atoms with E-state index in [1.54, 1.807) is 17.4 Å². The largest absolute Gasteiger partial charge is 0.333 e. The summed E-state index contributed by atoms with van der Waals surface area (Å²) in [5, 5.41) is 11.4. The Hall–Kier alpha value is -2.28. The number of carbonyl (C=O) groups is 2. The van der Waals surface area contributed by atoms with E-state index in [0.717, 1.165) is 12.1 Å². The summed E-state index contributed by atoms with van der Waals surface area (Å²) in [5.74, 6) is 0.0288. The summed E-state index contributed by atoms with van der Waals surface area (Å²) in [6.45, 7) is 0.671. The van der Waals surface area contributed by atoms with Crippen LogP contribution in [-0.2, 0) is 4.79 Å². The van der Waals surface area contributed by atoms with E-state index in [2.05, 4.69) is 10.2 Å². The van der Waals surface area contributed by atoms with Crippen molar-refractivity contribution in [3.05, 3.63) is 40.8 Å². The van der Waals surface area contributed by atoms with Crippen LogP contribution in [0.3, 0.4) is 0 Å². The van der Waals surface area contributed by atoms with E-state index < -0.39 is 0 Å². The Bertz CT molecular complexity index is 704.